The van der Waals surface area contributed by atoms with E-state index < -0.39 is 11.7 Å². The number of amides is 1. The Morgan fingerprint density at radius 3 is 2.65 bits per heavy atom. The second-order valence-corrected chi connectivity index (χ2v) is 5.77. The van der Waals surface area contributed by atoms with Crippen molar-refractivity contribution in [2.24, 2.45) is 0 Å². The van der Waals surface area contributed by atoms with Crippen molar-refractivity contribution in [1.29, 1.82) is 0 Å². The molecule has 0 radical (unpaired) electrons. The Hall–Kier alpha value is -1.68. The fraction of sp³-hybridized carbons (Fsp3) is 0.188. The van der Waals surface area contributed by atoms with Gasteiger partial charge in [-0.05, 0) is 41.8 Å². The highest BCUT2D eigenvalue weighted by Gasteiger charge is 2.12. The lowest BCUT2D eigenvalue weighted by atomic mass is 10.0. The van der Waals surface area contributed by atoms with Crippen LogP contribution in [0.2, 0.25) is 0 Å². The summed E-state index contributed by atoms with van der Waals surface area (Å²) >= 11 is 3.23. The van der Waals surface area contributed by atoms with Gasteiger partial charge in [-0.2, -0.15) is 0 Å². The van der Waals surface area contributed by atoms with Gasteiger partial charge in [0.05, 0.1) is 5.56 Å². The largest absolute Gasteiger partial charge is 0.322 e. The molecule has 104 valence electrons. The van der Waals surface area contributed by atoms with Crippen molar-refractivity contribution in [2.75, 3.05) is 5.32 Å². The molecule has 0 saturated heterocycles. The van der Waals surface area contributed by atoms with Gasteiger partial charge >= 0.3 is 0 Å². The molecule has 0 bridgehead atoms. The second-order valence-electron chi connectivity index (χ2n) is 4.86. The highest BCUT2D eigenvalue weighted by molar-refractivity contribution is 9.10. The van der Waals surface area contributed by atoms with E-state index in [-0.39, 0.29) is 5.56 Å². The summed E-state index contributed by atoms with van der Waals surface area (Å²) < 4.78 is 14.3. The number of benzene rings is 2. The predicted molar refractivity (Wildman–Crippen MR) is 82.6 cm³/mol. The third-order valence-corrected chi connectivity index (χ3v) is 3.48. The summed E-state index contributed by atoms with van der Waals surface area (Å²) in [4.78, 5) is 12.1. The van der Waals surface area contributed by atoms with Crippen LogP contribution in [0.5, 0.6) is 0 Å². The van der Waals surface area contributed by atoms with Crippen molar-refractivity contribution in [2.45, 2.75) is 19.8 Å². The van der Waals surface area contributed by atoms with Crippen LogP contribution in [0.3, 0.4) is 0 Å². The number of nitrogens with one attached hydrogen (secondary N) is 1. The van der Waals surface area contributed by atoms with Gasteiger partial charge in [-0.3, -0.25) is 4.79 Å². The first-order valence-electron chi connectivity index (χ1n) is 6.33. The number of hydrogen-bond donors (Lipinski definition) is 1. The van der Waals surface area contributed by atoms with Crippen LogP contribution in [0.15, 0.2) is 46.9 Å². The minimum Gasteiger partial charge on any atom is -0.322 e. The molecule has 0 fully saturated rings. The van der Waals surface area contributed by atoms with Gasteiger partial charge in [0.15, 0.2) is 0 Å². The Balaban J connectivity index is 2.23. The summed E-state index contributed by atoms with van der Waals surface area (Å²) in [6, 6.07) is 11.9. The fourth-order valence-corrected chi connectivity index (χ4v) is 2.21. The lowest BCUT2D eigenvalue weighted by Gasteiger charge is -2.10. The van der Waals surface area contributed by atoms with Crippen molar-refractivity contribution < 1.29 is 9.18 Å². The highest BCUT2D eigenvalue weighted by atomic mass is 79.9. The van der Waals surface area contributed by atoms with Crippen LogP contribution in [0, 0.1) is 5.82 Å². The van der Waals surface area contributed by atoms with Gasteiger partial charge in [0.2, 0.25) is 0 Å². The predicted octanol–water partition coefficient (Wildman–Crippen LogP) is 4.96. The number of hydrogen-bond acceptors (Lipinski definition) is 1. The molecular formula is C16H15BrFNO. The van der Waals surface area contributed by atoms with Crippen molar-refractivity contribution in [1.82, 2.24) is 0 Å². The van der Waals surface area contributed by atoms with Gasteiger partial charge in [0.25, 0.3) is 5.91 Å². The minimum atomic E-state index is -0.536. The third-order valence-electron chi connectivity index (χ3n) is 2.98. The summed E-state index contributed by atoms with van der Waals surface area (Å²) in [6.07, 6.45) is 0. The molecule has 0 unspecified atom stereocenters. The maximum atomic E-state index is 13.6. The van der Waals surface area contributed by atoms with Crippen molar-refractivity contribution >= 4 is 27.5 Å². The molecule has 0 aliphatic rings. The average Bonchev–Trinajstić information content (AvgIpc) is 2.41. The Morgan fingerprint density at radius 1 is 1.20 bits per heavy atom. The van der Waals surface area contributed by atoms with Crippen molar-refractivity contribution in [3.8, 4) is 0 Å². The lowest BCUT2D eigenvalue weighted by molar-refractivity contribution is 0.102. The van der Waals surface area contributed by atoms with E-state index in [2.05, 4.69) is 35.1 Å². The third kappa shape index (κ3) is 3.45. The van der Waals surface area contributed by atoms with E-state index in [0.29, 0.717) is 16.1 Å². The quantitative estimate of drug-likeness (QED) is 0.843. The zero-order chi connectivity index (χ0) is 14.7. The van der Waals surface area contributed by atoms with E-state index in [0.717, 1.165) is 5.56 Å². The van der Waals surface area contributed by atoms with Gasteiger partial charge in [0, 0.05) is 10.2 Å². The molecule has 1 amide bonds. The highest BCUT2D eigenvalue weighted by Crippen LogP contribution is 2.20. The van der Waals surface area contributed by atoms with Crippen molar-refractivity contribution in [3.63, 3.8) is 0 Å². The van der Waals surface area contributed by atoms with Gasteiger partial charge in [0.1, 0.15) is 5.82 Å². The second kappa shape index (κ2) is 6.18. The molecule has 2 aromatic rings. The Labute approximate surface area is 126 Å². The maximum absolute atomic E-state index is 13.6. The molecule has 0 aliphatic heterocycles. The monoisotopic (exact) mass is 335 g/mol. The summed E-state index contributed by atoms with van der Waals surface area (Å²) in [5.74, 6) is -0.620. The maximum Gasteiger partial charge on any atom is 0.258 e. The molecular weight excluding hydrogens is 321 g/mol. The zero-order valence-corrected chi connectivity index (χ0v) is 12.9. The first-order chi connectivity index (χ1) is 9.47. The summed E-state index contributed by atoms with van der Waals surface area (Å²) in [7, 11) is 0. The zero-order valence-electron chi connectivity index (χ0n) is 11.3. The Kier molecular flexibility index (Phi) is 4.55. The topological polar surface area (TPSA) is 29.1 Å². The van der Waals surface area contributed by atoms with E-state index in [1.54, 1.807) is 12.1 Å². The van der Waals surface area contributed by atoms with Gasteiger partial charge in [-0.1, -0.05) is 41.9 Å². The molecule has 1 N–H and O–H groups in total. The van der Waals surface area contributed by atoms with Gasteiger partial charge in [-0.25, -0.2) is 4.39 Å². The number of anilines is 1. The molecule has 2 aromatic carbocycles. The van der Waals surface area contributed by atoms with Crippen LogP contribution in [0.1, 0.15) is 35.7 Å². The summed E-state index contributed by atoms with van der Waals surface area (Å²) in [5, 5.41) is 2.72. The fourth-order valence-electron chi connectivity index (χ4n) is 1.85. The molecule has 0 spiro atoms. The molecule has 0 aliphatic carbocycles. The minimum absolute atomic E-state index is 0.0225. The van der Waals surface area contributed by atoms with Crippen LogP contribution in [-0.2, 0) is 0 Å². The van der Waals surface area contributed by atoms with Crippen LogP contribution in [-0.4, -0.2) is 5.91 Å². The van der Waals surface area contributed by atoms with Crippen molar-refractivity contribution in [3.05, 3.63) is 63.9 Å². The van der Waals surface area contributed by atoms with Gasteiger partial charge in [-0.15, -0.1) is 0 Å². The van der Waals surface area contributed by atoms with E-state index in [1.807, 2.05) is 18.2 Å². The molecule has 20 heavy (non-hydrogen) atoms. The normalized spacial score (nSPS) is 10.7. The molecule has 0 saturated carbocycles. The smallest absolute Gasteiger partial charge is 0.258 e. The summed E-state index contributed by atoms with van der Waals surface area (Å²) in [5.41, 5.74) is 1.81. The van der Waals surface area contributed by atoms with Crippen LogP contribution in [0.25, 0.3) is 0 Å². The molecule has 0 aromatic heterocycles. The van der Waals surface area contributed by atoms with E-state index >= 15 is 0 Å². The average molecular weight is 336 g/mol. The van der Waals surface area contributed by atoms with Gasteiger partial charge < -0.3 is 5.32 Å². The molecule has 0 heterocycles. The summed E-state index contributed by atoms with van der Waals surface area (Å²) in [6.45, 7) is 4.16. The number of carbonyl (C=O) groups excluding carboxylic acids is 1. The SMILES string of the molecule is CC(C)c1cccc(NC(=O)c2cc(Br)ccc2F)c1. The number of carbonyl (C=O) groups is 1. The first kappa shape index (κ1) is 14.7. The number of halogens is 2. The first-order valence-corrected chi connectivity index (χ1v) is 7.13. The van der Waals surface area contributed by atoms with E-state index in [4.69, 9.17) is 0 Å². The molecule has 2 rings (SSSR count). The van der Waals surface area contributed by atoms with Crippen LogP contribution in [0.4, 0.5) is 10.1 Å². The Morgan fingerprint density at radius 2 is 1.95 bits per heavy atom. The van der Waals surface area contributed by atoms with E-state index in [1.165, 1.54) is 12.1 Å². The standard InChI is InChI=1S/C16H15BrFNO/c1-10(2)11-4-3-5-13(8-11)19-16(20)14-9-12(17)6-7-15(14)18/h3-10H,1-2H3,(H,19,20). The molecule has 4 heteroatoms. The number of rotatable bonds is 3. The molecule has 2 nitrogen and oxygen atoms in total. The van der Waals surface area contributed by atoms with Crippen LogP contribution < -0.4 is 5.32 Å². The Bertz CT molecular complexity index is 640. The van der Waals surface area contributed by atoms with E-state index in [9.17, 15) is 9.18 Å². The van der Waals surface area contributed by atoms with Crippen LogP contribution >= 0.6 is 15.9 Å². The molecule has 0 atom stereocenters. The lowest BCUT2D eigenvalue weighted by Crippen LogP contribution is -2.14.